The molecule has 11 heteroatoms. The predicted molar refractivity (Wildman–Crippen MR) is 153 cm³/mol. The Balaban J connectivity index is 2.04. The van der Waals surface area contributed by atoms with Crippen LogP contribution in [0.15, 0.2) is 77.7 Å². The van der Waals surface area contributed by atoms with Crippen LogP contribution in [0.1, 0.15) is 33.3 Å². The number of carbonyl (C=O) groups is 2. The molecule has 2 amide bonds. The predicted octanol–water partition coefficient (Wildman–Crippen LogP) is 5.02. The molecule has 0 saturated heterocycles. The molecule has 0 aromatic heterocycles. The van der Waals surface area contributed by atoms with Crippen molar-refractivity contribution < 1.29 is 27.1 Å². The first-order valence-corrected chi connectivity index (χ1v) is 14.6. The van der Waals surface area contributed by atoms with Gasteiger partial charge >= 0.3 is 0 Å². The van der Waals surface area contributed by atoms with Crippen LogP contribution in [0.5, 0.6) is 5.75 Å². The third-order valence-electron chi connectivity index (χ3n) is 6.01. The second-order valence-electron chi connectivity index (χ2n) is 9.34. The van der Waals surface area contributed by atoms with Crippen LogP contribution in [0.25, 0.3) is 0 Å². The molecule has 0 bridgehead atoms. The number of halogens is 2. The maximum absolute atomic E-state index is 13.9. The van der Waals surface area contributed by atoms with Gasteiger partial charge in [0, 0.05) is 17.6 Å². The highest BCUT2D eigenvalue weighted by molar-refractivity contribution is 7.92. The van der Waals surface area contributed by atoms with Gasteiger partial charge in [0.15, 0.2) is 0 Å². The van der Waals surface area contributed by atoms with Crippen molar-refractivity contribution in [3.05, 3.63) is 89.2 Å². The van der Waals surface area contributed by atoms with Crippen LogP contribution in [0.2, 0.25) is 5.02 Å². The van der Waals surface area contributed by atoms with Gasteiger partial charge in [-0.15, -0.1) is 0 Å². The lowest BCUT2D eigenvalue weighted by molar-refractivity contribution is -0.139. The molecule has 0 fully saturated rings. The number of sulfonamides is 1. The van der Waals surface area contributed by atoms with Gasteiger partial charge in [0.2, 0.25) is 11.8 Å². The van der Waals surface area contributed by atoms with Crippen molar-refractivity contribution in [1.82, 2.24) is 10.2 Å². The summed E-state index contributed by atoms with van der Waals surface area (Å²) in [4.78, 5) is 27.9. The summed E-state index contributed by atoms with van der Waals surface area (Å²) in [7, 11) is -4.32. The SMILES string of the molecule is CCOc1ccc(N(CC(=O)N(Cc2ccccc2Cl)C(C)C(=O)NC(C)C)S(=O)(=O)c2ccc(F)cc2)cc1. The van der Waals surface area contributed by atoms with Gasteiger partial charge in [-0.3, -0.25) is 13.9 Å². The molecule has 214 valence electrons. The molecule has 3 aromatic rings. The number of carbonyl (C=O) groups excluding carboxylic acids is 2. The summed E-state index contributed by atoms with van der Waals surface area (Å²) >= 11 is 6.36. The number of nitrogens with zero attached hydrogens (tertiary/aromatic N) is 2. The van der Waals surface area contributed by atoms with Gasteiger partial charge in [0.05, 0.1) is 17.2 Å². The maximum atomic E-state index is 13.9. The molecule has 0 aliphatic heterocycles. The molecule has 40 heavy (non-hydrogen) atoms. The molecule has 1 atom stereocenters. The van der Waals surface area contributed by atoms with E-state index in [2.05, 4.69) is 5.32 Å². The highest BCUT2D eigenvalue weighted by atomic mass is 35.5. The van der Waals surface area contributed by atoms with E-state index in [1.54, 1.807) is 57.2 Å². The molecule has 1 N–H and O–H groups in total. The van der Waals surface area contributed by atoms with Crippen LogP contribution < -0.4 is 14.4 Å². The fraction of sp³-hybridized carbons (Fsp3) is 0.310. The van der Waals surface area contributed by atoms with Crippen molar-refractivity contribution in [2.24, 2.45) is 0 Å². The van der Waals surface area contributed by atoms with Gasteiger partial charge in [-0.25, -0.2) is 12.8 Å². The van der Waals surface area contributed by atoms with Gasteiger partial charge in [0.25, 0.3) is 10.0 Å². The van der Waals surface area contributed by atoms with E-state index in [4.69, 9.17) is 16.3 Å². The third-order valence-corrected chi connectivity index (χ3v) is 8.17. The van der Waals surface area contributed by atoms with Gasteiger partial charge < -0.3 is 15.0 Å². The van der Waals surface area contributed by atoms with Crippen LogP contribution in [0.3, 0.4) is 0 Å². The van der Waals surface area contributed by atoms with E-state index < -0.39 is 40.2 Å². The number of benzene rings is 3. The van der Waals surface area contributed by atoms with Crippen LogP contribution in [0, 0.1) is 5.82 Å². The quantitative estimate of drug-likeness (QED) is 0.320. The number of amides is 2. The van der Waals surface area contributed by atoms with Gasteiger partial charge in [-0.2, -0.15) is 0 Å². The number of nitrogens with one attached hydrogen (secondary N) is 1. The monoisotopic (exact) mass is 589 g/mol. The van der Waals surface area contributed by atoms with Crippen LogP contribution in [-0.2, 0) is 26.2 Å². The first kappa shape index (κ1) is 30.9. The molecule has 1 unspecified atom stereocenters. The molecule has 0 aliphatic rings. The van der Waals surface area contributed by atoms with E-state index in [1.165, 1.54) is 17.0 Å². The number of anilines is 1. The molecule has 0 heterocycles. The van der Waals surface area contributed by atoms with Crippen molar-refractivity contribution >= 4 is 39.1 Å². The van der Waals surface area contributed by atoms with Crippen molar-refractivity contribution in [3.63, 3.8) is 0 Å². The van der Waals surface area contributed by atoms with E-state index >= 15 is 0 Å². The Morgan fingerprint density at radius 2 is 1.60 bits per heavy atom. The Morgan fingerprint density at radius 1 is 0.975 bits per heavy atom. The summed E-state index contributed by atoms with van der Waals surface area (Å²) < 4.78 is 47.5. The first-order chi connectivity index (χ1) is 18.9. The second kappa shape index (κ2) is 13.6. The third kappa shape index (κ3) is 7.73. The molecule has 0 saturated carbocycles. The lowest BCUT2D eigenvalue weighted by Crippen LogP contribution is -2.52. The molecular formula is C29H33ClFN3O5S. The zero-order valence-corrected chi connectivity index (χ0v) is 24.4. The standard InChI is InChI=1S/C29H33ClFN3O5S/c1-5-39-25-14-12-24(13-15-25)34(40(37,38)26-16-10-23(31)11-17-26)19-28(35)33(21(4)29(36)32-20(2)3)18-22-8-6-7-9-27(22)30/h6-17,20-21H,5,18-19H2,1-4H3,(H,32,36). The highest BCUT2D eigenvalue weighted by Gasteiger charge is 2.33. The minimum Gasteiger partial charge on any atom is -0.494 e. The largest absolute Gasteiger partial charge is 0.494 e. The molecule has 0 aliphatic carbocycles. The van der Waals surface area contributed by atoms with Crippen LogP contribution >= 0.6 is 11.6 Å². The Labute approximate surface area is 239 Å². The smallest absolute Gasteiger partial charge is 0.264 e. The summed E-state index contributed by atoms with van der Waals surface area (Å²) in [5.74, 6) is -1.11. The number of hydrogen-bond acceptors (Lipinski definition) is 5. The Morgan fingerprint density at radius 3 is 2.17 bits per heavy atom. The topological polar surface area (TPSA) is 96.0 Å². The van der Waals surface area contributed by atoms with E-state index in [0.29, 0.717) is 22.9 Å². The minimum absolute atomic E-state index is 0.0289. The summed E-state index contributed by atoms with van der Waals surface area (Å²) in [6, 6.07) is 16.4. The van der Waals surface area contributed by atoms with Crippen molar-refractivity contribution in [2.75, 3.05) is 17.5 Å². The maximum Gasteiger partial charge on any atom is 0.264 e. The van der Waals surface area contributed by atoms with Gasteiger partial charge in [0.1, 0.15) is 24.2 Å². The molecule has 8 nitrogen and oxygen atoms in total. The summed E-state index contributed by atoms with van der Waals surface area (Å²) in [5, 5.41) is 3.20. The van der Waals surface area contributed by atoms with E-state index in [-0.39, 0.29) is 23.2 Å². The molecule has 0 radical (unpaired) electrons. The van der Waals surface area contributed by atoms with Crippen molar-refractivity contribution in [2.45, 2.75) is 51.2 Å². The Kier molecular flexibility index (Phi) is 10.5. The van der Waals surface area contributed by atoms with E-state index in [1.807, 2.05) is 6.92 Å². The number of rotatable bonds is 12. The Hall–Kier alpha value is -3.63. The summed E-state index contributed by atoms with van der Waals surface area (Å²) in [5.41, 5.74) is 0.786. The fourth-order valence-electron chi connectivity index (χ4n) is 3.94. The molecule has 3 rings (SSSR count). The minimum atomic E-state index is -4.32. The van der Waals surface area contributed by atoms with Crippen molar-refractivity contribution in [3.8, 4) is 5.75 Å². The number of hydrogen-bond donors (Lipinski definition) is 1. The summed E-state index contributed by atoms with van der Waals surface area (Å²) in [6.45, 7) is 6.75. The molecule has 3 aromatic carbocycles. The lowest BCUT2D eigenvalue weighted by Gasteiger charge is -2.32. The van der Waals surface area contributed by atoms with Crippen LogP contribution in [0.4, 0.5) is 10.1 Å². The number of ether oxygens (including phenoxy) is 1. The Bertz CT molecular complexity index is 1420. The lowest BCUT2D eigenvalue weighted by atomic mass is 10.1. The first-order valence-electron chi connectivity index (χ1n) is 12.8. The normalized spacial score (nSPS) is 12.1. The average molecular weight is 590 g/mol. The van der Waals surface area contributed by atoms with Crippen LogP contribution in [-0.4, -0.2) is 50.4 Å². The average Bonchev–Trinajstić information content (AvgIpc) is 2.91. The molecular weight excluding hydrogens is 557 g/mol. The highest BCUT2D eigenvalue weighted by Crippen LogP contribution is 2.27. The fourth-order valence-corrected chi connectivity index (χ4v) is 5.55. The summed E-state index contributed by atoms with van der Waals surface area (Å²) in [6.07, 6.45) is 0. The van der Waals surface area contributed by atoms with E-state index in [0.717, 1.165) is 28.6 Å². The van der Waals surface area contributed by atoms with E-state index in [9.17, 15) is 22.4 Å². The van der Waals surface area contributed by atoms with Gasteiger partial charge in [-0.1, -0.05) is 29.8 Å². The second-order valence-corrected chi connectivity index (χ2v) is 11.6. The van der Waals surface area contributed by atoms with Gasteiger partial charge in [-0.05, 0) is 87.9 Å². The van der Waals surface area contributed by atoms with Crippen molar-refractivity contribution in [1.29, 1.82) is 0 Å². The molecule has 0 spiro atoms. The zero-order valence-electron chi connectivity index (χ0n) is 22.8. The zero-order chi connectivity index (χ0) is 29.4.